The first kappa shape index (κ1) is 17.7. The number of anilines is 1. The summed E-state index contributed by atoms with van der Waals surface area (Å²) in [5.74, 6) is 2.22. The SMILES string of the molecule is CCNC(=NCCc1nc(C)no1)N1CCc2ccccc21.I. The van der Waals surface area contributed by atoms with Gasteiger partial charge in [0, 0.05) is 25.2 Å². The molecule has 23 heavy (non-hydrogen) atoms. The lowest BCUT2D eigenvalue weighted by molar-refractivity contribution is 0.376. The van der Waals surface area contributed by atoms with Gasteiger partial charge in [-0.2, -0.15) is 4.98 Å². The molecule has 7 heteroatoms. The van der Waals surface area contributed by atoms with Crippen molar-refractivity contribution >= 4 is 35.6 Å². The van der Waals surface area contributed by atoms with Crippen molar-refractivity contribution in [2.24, 2.45) is 4.99 Å². The highest BCUT2D eigenvalue weighted by atomic mass is 127. The molecule has 0 atom stereocenters. The summed E-state index contributed by atoms with van der Waals surface area (Å²) in [6, 6.07) is 8.49. The number of benzene rings is 1. The van der Waals surface area contributed by atoms with Gasteiger partial charge in [-0.25, -0.2) is 0 Å². The van der Waals surface area contributed by atoms with Gasteiger partial charge < -0.3 is 14.7 Å². The third-order valence-corrected chi connectivity index (χ3v) is 3.63. The molecule has 0 spiro atoms. The Morgan fingerprint density at radius 3 is 2.96 bits per heavy atom. The molecule has 124 valence electrons. The molecular formula is C16H22IN5O. The minimum Gasteiger partial charge on any atom is -0.356 e. The summed E-state index contributed by atoms with van der Waals surface area (Å²) >= 11 is 0. The highest BCUT2D eigenvalue weighted by Crippen LogP contribution is 2.27. The molecule has 1 aliphatic rings. The van der Waals surface area contributed by atoms with Crippen molar-refractivity contribution in [3.63, 3.8) is 0 Å². The summed E-state index contributed by atoms with van der Waals surface area (Å²) in [6.07, 6.45) is 1.72. The van der Waals surface area contributed by atoms with Gasteiger partial charge >= 0.3 is 0 Å². The van der Waals surface area contributed by atoms with Crippen LogP contribution in [0, 0.1) is 6.92 Å². The lowest BCUT2D eigenvalue weighted by atomic mass is 10.2. The second kappa shape index (κ2) is 8.28. The first-order chi connectivity index (χ1) is 10.8. The van der Waals surface area contributed by atoms with Gasteiger partial charge in [-0.15, -0.1) is 24.0 Å². The van der Waals surface area contributed by atoms with E-state index < -0.39 is 0 Å². The Bertz CT molecular complexity index is 670. The Hall–Kier alpha value is -1.64. The molecule has 1 aromatic carbocycles. The largest absolute Gasteiger partial charge is 0.356 e. The highest BCUT2D eigenvalue weighted by Gasteiger charge is 2.22. The van der Waals surface area contributed by atoms with Crippen LogP contribution < -0.4 is 10.2 Å². The summed E-state index contributed by atoms with van der Waals surface area (Å²) in [7, 11) is 0. The van der Waals surface area contributed by atoms with Gasteiger partial charge in [0.2, 0.25) is 5.89 Å². The molecule has 0 aliphatic carbocycles. The van der Waals surface area contributed by atoms with Crippen molar-refractivity contribution in [3.05, 3.63) is 41.5 Å². The molecule has 3 rings (SSSR count). The fraction of sp³-hybridized carbons (Fsp3) is 0.438. The van der Waals surface area contributed by atoms with E-state index in [4.69, 9.17) is 9.52 Å². The van der Waals surface area contributed by atoms with Crippen LogP contribution in [0.2, 0.25) is 0 Å². The molecule has 2 aromatic rings. The van der Waals surface area contributed by atoms with Crippen LogP contribution in [-0.2, 0) is 12.8 Å². The number of fused-ring (bicyclic) bond motifs is 1. The first-order valence-electron chi connectivity index (χ1n) is 7.71. The molecular weight excluding hydrogens is 405 g/mol. The van der Waals surface area contributed by atoms with E-state index in [-0.39, 0.29) is 24.0 Å². The zero-order chi connectivity index (χ0) is 15.4. The predicted octanol–water partition coefficient (Wildman–Crippen LogP) is 2.57. The number of rotatable bonds is 4. The van der Waals surface area contributed by atoms with Gasteiger partial charge in [0.15, 0.2) is 11.8 Å². The van der Waals surface area contributed by atoms with E-state index in [1.54, 1.807) is 0 Å². The van der Waals surface area contributed by atoms with E-state index in [1.807, 2.05) is 6.92 Å². The van der Waals surface area contributed by atoms with Crippen LogP contribution in [0.3, 0.4) is 0 Å². The maximum atomic E-state index is 5.12. The number of aliphatic imine (C=N–C) groups is 1. The van der Waals surface area contributed by atoms with Crippen LogP contribution in [0.15, 0.2) is 33.8 Å². The van der Waals surface area contributed by atoms with Crippen LogP contribution in [0.4, 0.5) is 5.69 Å². The fourth-order valence-electron chi connectivity index (χ4n) is 2.65. The standard InChI is InChI=1S/C16H21N5O.HI/c1-3-17-16(18-10-8-15-19-12(2)20-22-15)21-11-9-13-6-4-5-7-14(13)21;/h4-7H,3,8-11H2,1-2H3,(H,17,18);1H. The highest BCUT2D eigenvalue weighted by molar-refractivity contribution is 14.0. The van der Waals surface area contributed by atoms with Crippen molar-refractivity contribution in [1.82, 2.24) is 15.5 Å². The van der Waals surface area contributed by atoms with Crippen molar-refractivity contribution in [2.45, 2.75) is 26.7 Å². The Morgan fingerprint density at radius 1 is 1.39 bits per heavy atom. The average molecular weight is 427 g/mol. The van der Waals surface area contributed by atoms with E-state index in [0.717, 1.165) is 25.5 Å². The molecule has 6 nitrogen and oxygen atoms in total. The molecule has 2 heterocycles. The van der Waals surface area contributed by atoms with Crippen molar-refractivity contribution in [3.8, 4) is 0 Å². The van der Waals surface area contributed by atoms with Crippen LogP contribution in [0.1, 0.15) is 24.2 Å². The summed E-state index contributed by atoms with van der Waals surface area (Å²) in [6.45, 7) is 6.34. The van der Waals surface area contributed by atoms with Crippen LogP contribution in [0.5, 0.6) is 0 Å². The number of guanidine groups is 1. The Labute approximate surface area is 153 Å². The quantitative estimate of drug-likeness (QED) is 0.462. The van der Waals surface area contributed by atoms with Crippen molar-refractivity contribution in [2.75, 3.05) is 24.5 Å². The van der Waals surface area contributed by atoms with Gasteiger partial charge in [-0.05, 0) is 31.9 Å². The average Bonchev–Trinajstić information content (AvgIpc) is 3.13. The summed E-state index contributed by atoms with van der Waals surface area (Å²) in [5, 5.41) is 7.16. The van der Waals surface area contributed by atoms with Crippen LogP contribution >= 0.6 is 24.0 Å². The van der Waals surface area contributed by atoms with Gasteiger partial charge in [-0.3, -0.25) is 4.99 Å². The van der Waals surface area contributed by atoms with E-state index in [2.05, 4.69) is 51.5 Å². The molecule has 0 saturated heterocycles. The molecule has 1 N–H and O–H groups in total. The van der Waals surface area contributed by atoms with E-state index in [0.29, 0.717) is 24.7 Å². The third-order valence-electron chi connectivity index (χ3n) is 3.63. The maximum absolute atomic E-state index is 5.12. The third kappa shape index (κ3) is 4.21. The second-order valence-electron chi connectivity index (χ2n) is 5.25. The van der Waals surface area contributed by atoms with Crippen LogP contribution in [0.25, 0.3) is 0 Å². The topological polar surface area (TPSA) is 66.5 Å². The maximum Gasteiger partial charge on any atom is 0.228 e. The number of para-hydroxylation sites is 1. The minimum atomic E-state index is 0. The van der Waals surface area contributed by atoms with Gasteiger partial charge in [-0.1, -0.05) is 23.4 Å². The number of halogens is 1. The fourth-order valence-corrected chi connectivity index (χ4v) is 2.65. The first-order valence-corrected chi connectivity index (χ1v) is 7.71. The minimum absolute atomic E-state index is 0. The number of nitrogens with one attached hydrogen (secondary N) is 1. The predicted molar refractivity (Wildman–Crippen MR) is 102 cm³/mol. The zero-order valence-electron chi connectivity index (χ0n) is 13.5. The number of nitrogens with zero attached hydrogens (tertiary/aromatic N) is 4. The van der Waals surface area contributed by atoms with Gasteiger partial charge in [0.05, 0.1) is 6.54 Å². The molecule has 1 aliphatic heterocycles. The molecule has 1 aromatic heterocycles. The molecule has 0 fully saturated rings. The van der Waals surface area contributed by atoms with E-state index in [9.17, 15) is 0 Å². The lowest BCUT2D eigenvalue weighted by Crippen LogP contribution is -2.40. The summed E-state index contributed by atoms with van der Waals surface area (Å²) in [4.78, 5) is 11.2. The summed E-state index contributed by atoms with van der Waals surface area (Å²) < 4.78 is 5.12. The number of aryl methyl sites for hydroxylation is 1. The van der Waals surface area contributed by atoms with Crippen LogP contribution in [-0.4, -0.2) is 35.7 Å². The smallest absolute Gasteiger partial charge is 0.228 e. The normalized spacial score (nSPS) is 13.7. The Kier molecular flexibility index (Phi) is 6.37. The number of hydrogen-bond donors (Lipinski definition) is 1. The Balaban J connectivity index is 0.00000192. The number of hydrogen-bond acceptors (Lipinski definition) is 4. The zero-order valence-corrected chi connectivity index (χ0v) is 15.8. The monoisotopic (exact) mass is 427 g/mol. The number of aromatic nitrogens is 2. The van der Waals surface area contributed by atoms with E-state index in [1.165, 1.54) is 11.3 Å². The molecule has 0 amide bonds. The molecule has 0 unspecified atom stereocenters. The van der Waals surface area contributed by atoms with E-state index >= 15 is 0 Å². The Morgan fingerprint density at radius 2 is 2.22 bits per heavy atom. The van der Waals surface area contributed by atoms with Crippen molar-refractivity contribution in [1.29, 1.82) is 0 Å². The van der Waals surface area contributed by atoms with Gasteiger partial charge in [0.25, 0.3) is 0 Å². The second-order valence-corrected chi connectivity index (χ2v) is 5.25. The lowest BCUT2D eigenvalue weighted by Gasteiger charge is -2.22. The molecule has 0 bridgehead atoms. The van der Waals surface area contributed by atoms with Gasteiger partial charge in [0.1, 0.15) is 0 Å². The molecule has 0 saturated carbocycles. The van der Waals surface area contributed by atoms with Crippen molar-refractivity contribution < 1.29 is 4.52 Å². The molecule has 0 radical (unpaired) electrons. The summed E-state index contributed by atoms with van der Waals surface area (Å²) in [5.41, 5.74) is 2.62.